The second-order valence-corrected chi connectivity index (χ2v) is 5.71. The molecule has 0 radical (unpaired) electrons. The standard InChI is InChI=1S/C12H21BN2O3/c1-10(2)11(3,4)18-13(17-10)9-6-7-12(14,16-5)15-8-9/h6-8,15H,14H2,1-5H3. The Bertz CT molecular complexity index is 390. The molecule has 6 heteroatoms. The summed E-state index contributed by atoms with van der Waals surface area (Å²) in [5.74, 6) is -0.951. The Balaban J connectivity index is 2.11. The van der Waals surface area contributed by atoms with Gasteiger partial charge in [0.15, 0.2) is 0 Å². The van der Waals surface area contributed by atoms with Crippen LogP contribution in [0.2, 0.25) is 0 Å². The van der Waals surface area contributed by atoms with E-state index >= 15 is 0 Å². The van der Waals surface area contributed by atoms with Crippen molar-refractivity contribution >= 4 is 7.12 Å². The number of dihydropyridines is 1. The first kappa shape index (κ1) is 13.6. The number of allylic oxidation sites excluding steroid dienone is 2. The lowest BCUT2D eigenvalue weighted by Crippen LogP contribution is -2.52. The maximum absolute atomic E-state index is 5.94. The molecular weight excluding hydrogens is 231 g/mol. The van der Waals surface area contributed by atoms with Crippen LogP contribution in [0.5, 0.6) is 0 Å². The Hall–Kier alpha value is -0.815. The van der Waals surface area contributed by atoms with E-state index in [0.29, 0.717) is 0 Å². The number of methoxy groups -OCH3 is 1. The first-order valence-electron chi connectivity index (χ1n) is 6.06. The van der Waals surface area contributed by atoms with E-state index in [2.05, 4.69) is 5.32 Å². The Morgan fingerprint density at radius 2 is 1.78 bits per heavy atom. The average molecular weight is 252 g/mol. The summed E-state index contributed by atoms with van der Waals surface area (Å²) in [5.41, 5.74) is 6.09. The fourth-order valence-electron chi connectivity index (χ4n) is 1.77. The summed E-state index contributed by atoms with van der Waals surface area (Å²) in [6.45, 7) is 8.09. The van der Waals surface area contributed by atoms with Crippen LogP contribution in [-0.4, -0.2) is 31.3 Å². The smallest absolute Gasteiger partial charge is 0.399 e. The molecule has 1 atom stereocenters. The lowest BCUT2D eigenvalue weighted by molar-refractivity contribution is 0.00578. The Kier molecular flexibility index (Phi) is 3.10. The van der Waals surface area contributed by atoms with Crippen LogP contribution in [0.15, 0.2) is 23.8 Å². The van der Waals surface area contributed by atoms with Crippen LogP contribution in [0.25, 0.3) is 0 Å². The molecule has 2 heterocycles. The van der Waals surface area contributed by atoms with Gasteiger partial charge in [-0.2, -0.15) is 0 Å². The molecule has 2 rings (SSSR count). The van der Waals surface area contributed by atoms with E-state index in [0.717, 1.165) is 5.47 Å². The third kappa shape index (κ3) is 2.21. The zero-order valence-corrected chi connectivity index (χ0v) is 11.6. The van der Waals surface area contributed by atoms with Crippen LogP contribution in [0, 0.1) is 0 Å². The fraction of sp³-hybridized carbons (Fsp3) is 0.667. The van der Waals surface area contributed by atoms with Crippen molar-refractivity contribution in [1.29, 1.82) is 0 Å². The second kappa shape index (κ2) is 4.10. The molecule has 1 fully saturated rings. The van der Waals surface area contributed by atoms with E-state index in [1.54, 1.807) is 19.4 Å². The second-order valence-electron chi connectivity index (χ2n) is 5.71. The summed E-state index contributed by atoms with van der Waals surface area (Å²) in [6.07, 6.45) is 5.38. The summed E-state index contributed by atoms with van der Waals surface area (Å²) >= 11 is 0. The molecule has 1 saturated heterocycles. The third-order valence-corrected chi connectivity index (χ3v) is 3.85. The van der Waals surface area contributed by atoms with E-state index < -0.39 is 5.85 Å². The number of rotatable bonds is 2. The Morgan fingerprint density at radius 1 is 1.22 bits per heavy atom. The molecule has 0 aromatic heterocycles. The topological polar surface area (TPSA) is 65.7 Å². The number of nitrogens with two attached hydrogens (primary N) is 1. The third-order valence-electron chi connectivity index (χ3n) is 3.85. The number of hydrogen-bond acceptors (Lipinski definition) is 5. The molecule has 1 unspecified atom stereocenters. The van der Waals surface area contributed by atoms with E-state index in [1.165, 1.54) is 0 Å². The first-order valence-corrected chi connectivity index (χ1v) is 6.06. The van der Waals surface area contributed by atoms with Crippen molar-refractivity contribution in [3.8, 4) is 0 Å². The largest absolute Gasteiger partial charge is 0.496 e. The molecule has 0 amide bonds. The molecule has 3 N–H and O–H groups in total. The predicted molar refractivity (Wildman–Crippen MR) is 70.4 cm³/mol. The molecule has 5 nitrogen and oxygen atoms in total. The normalized spacial score (nSPS) is 33.2. The van der Waals surface area contributed by atoms with Gasteiger partial charge in [-0.15, -0.1) is 0 Å². The minimum atomic E-state index is -0.951. The van der Waals surface area contributed by atoms with Crippen molar-refractivity contribution in [2.45, 2.75) is 44.7 Å². The van der Waals surface area contributed by atoms with Gasteiger partial charge >= 0.3 is 7.12 Å². The summed E-state index contributed by atoms with van der Waals surface area (Å²) in [5, 5.41) is 2.97. The molecule has 100 valence electrons. The summed E-state index contributed by atoms with van der Waals surface area (Å²) < 4.78 is 17.0. The lowest BCUT2D eigenvalue weighted by Gasteiger charge is -2.32. The van der Waals surface area contributed by atoms with Crippen molar-refractivity contribution in [3.63, 3.8) is 0 Å². The van der Waals surface area contributed by atoms with Crippen LogP contribution in [0.4, 0.5) is 0 Å². The first-order chi connectivity index (χ1) is 8.19. The SMILES string of the molecule is COC1(N)C=CC(B2OC(C)(C)C(C)(C)O2)=CN1. The van der Waals surface area contributed by atoms with Crippen LogP contribution < -0.4 is 11.1 Å². The highest BCUT2D eigenvalue weighted by Gasteiger charge is 2.52. The van der Waals surface area contributed by atoms with Gasteiger partial charge in [-0.1, -0.05) is 6.08 Å². The zero-order valence-electron chi connectivity index (χ0n) is 11.6. The molecule has 0 saturated carbocycles. The Morgan fingerprint density at radius 3 is 2.17 bits per heavy atom. The minimum absolute atomic E-state index is 0.342. The fourth-order valence-corrected chi connectivity index (χ4v) is 1.77. The highest BCUT2D eigenvalue weighted by atomic mass is 16.7. The van der Waals surface area contributed by atoms with Crippen molar-refractivity contribution in [1.82, 2.24) is 5.32 Å². The molecule has 0 aromatic carbocycles. The van der Waals surface area contributed by atoms with Crippen LogP contribution in [0.1, 0.15) is 27.7 Å². The molecule has 18 heavy (non-hydrogen) atoms. The van der Waals surface area contributed by atoms with Crippen molar-refractivity contribution in [2.24, 2.45) is 5.73 Å². The zero-order chi connectivity index (χ0) is 13.6. The highest BCUT2D eigenvalue weighted by molar-refractivity contribution is 6.55. The van der Waals surface area contributed by atoms with Gasteiger partial charge in [0.25, 0.3) is 0 Å². The maximum atomic E-state index is 5.94. The minimum Gasteiger partial charge on any atom is -0.399 e. The molecule has 2 aliphatic heterocycles. The van der Waals surface area contributed by atoms with Gasteiger partial charge in [-0.3, -0.25) is 5.73 Å². The van der Waals surface area contributed by atoms with Crippen LogP contribution >= 0.6 is 0 Å². The van der Waals surface area contributed by atoms with Gasteiger partial charge in [-0.25, -0.2) is 0 Å². The summed E-state index contributed by atoms with van der Waals surface area (Å²) in [4.78, 5) is 0. The van der Waals surface area contributed by atoms with Crippen molar-refractivity contribution in [3.05, 3.63) is 23.8 Å². The highest BCUT2D eigenvalue weighted by Crippen LogP contribution is 2.38. The van der Waals surface area contributed by atoms with Gasteiger partial charge < -0.3 is 19.4 Å². The molecular formula is C12H21BN2O3. The maximum Gasteiger partial charge on any atom is 0.496 e. The van der Waals surface area contributed by atoms with Crippen LogP contribution in [-0.2, 0) is 14.0 Å². The van der Waals surface area contributed by atoms with Gasteiger partial charge in [0.1, 0.15) is 0 Å². The summed E-state index contributed by atoms with van der Waals surface area (Å²) in [6, 6.07) is 0. The monoisotopic (exact) mass is 252 g/mol. The van der Waals surface area contributed by atoms with Gasteiger partial charge in [0, 0.05) is 13.3 Å². The van der Waals surface area contributed by atoms with Crippen molar-refractivity contribution < 1.29 is 14.0 Å². The van der Waals surface area contributed by atoms with Gasteiger partial charge in [-0.05, 0) is 39.2 Å². The predicted octanol–water partition coefficient (Wildman–Crippen LogP) is 0.920. The molecule has 0 spiro atoms. The van der Waals surface area contributed by atoms with E-state index in [9.17, 15) is 0 Å². The van der Waals surface area contributed by atoms with E-state index in [1.807, 2.05) is 33.8 Å². The van der Waals surface area contributed by atoms with Crippen LogP contribution in [0.3, 0.4) is 0 Å². The Labute approximate surface area is 108 Å². The average Bonchev–Trinajstić information content (AvgIpc) is 2.49. The molecule has 2 aliphatic rings. The summed E-state index contributed by atoms with van der Waals surface area (Å²) in [7, 11) is 1.16. The number of ether oxygens (including phenoxy) is 1. The molecule has 0 bridgehead atoms. The van der Waals surface area contributed by atoms with Crippen molar-refractivity contribution in [2.75, 3.05) is 7.11 Å². The van der Waals surface area contributed by atoms with Gasteiger partial charge in [0.2, 0.25) is 5.85 Å². The number of hydrogen-bond donors (Lipinski definition) is 2. The van der Waals surface area contributed by atoms with Gasteiger partial charge in [0.05, 0.1) is 11.2 Å². The molecule has 0 aliphatic carbocycles. The van der Waals surface area contributed by atoms with E-state index in [4.69, 9.17) is 19.8 Å². The quantitative estimate of drug-likeness (QED) is 0.565. The number of nitrogens with one attached hydrogen (secondary N) is 1. The molecule has 0 aromatic rings. The van der Waals surface area contributed by atoms with E-state index in [-0.39, 0.29) is 18.3 Å². The lowest BCUT2D eigenvalue weighted by atomic mass is 9.77.